The molecular weight excluding hydrogens is 385 g/mol. The molecule has 1 unspecified atom stereocenters. The highest BCUT2D eigenvalue weighted by Gasteiger charge is 2.57. The van der Waals surface area contributed by atoms with Gasteiger partial charge in [0.1, 0.15) is 5.82 Å². The van der Waals surface area contributed by atoms with Crippen molar-refractivity contribution in [2.24, 2.45) is 18.4 Å². The minimum atomic E-state index is -4.89. The quantitative estimate of drug-likeness (QED) is 0.692. The van der Waals surface area contributed by atoms with Crippen LogP contribution in [0.25, 0.3) is 0 Å². The maximum Gasteiger partial charge on any atom is 0.424 e. The first kappa shape index (κ1) is 22.0. The van der Waals surface area contributed by atoms with Gasteiger partial charge in [0.2, 0.25) is 11.5 Å². The highest BCUT2D eigenvalue weighted by Crippen LogP contribution is 2.44. The molecule has 2 aliphatic rings. The number of nitrogens with one attached hydrogen (secondary N) is 2. The van der Waals surface area contributed by atoms with Crippen molar-refractivity contribution < 1.29 is 23.1 Å². The fourth-order valence-electron chi connectivity index (χ4n) is 4.37. The van der Waals surface area contributed by atoms with Crippen LogP contribution < -0.4 is 10.6 Å². The SMILES string of the molecule is Cl.Cn1ccnc1C(O)(CCNC(=O)[C@@]12CCCC[C@H]1CNC2)C(F)(F)F. The largest absolute Gasteiger partial charge is 0.424 e. The molecule has 3 N–H and O–H groups in total. The van der Waals surface area contributed by atoms with Gasteiger partial charge in [-0.25, -0.2) is 4.98 Å². The lowest BCUT2D eigenvalue weighted by molar-refractivity contribution is -0.272. The number of hydrogen-bond donors (Lipinski definition) is 3. The number of hydrogen-bond acceptors (Lipinski definition) is 4. The Morgan fingerprint density at radius 1 is 1.48 bits per heavy atom. The standard InChI is InChI=1S/C17H25F3N4O2.ClH/c1-24-9-8-22-13(24)16(26,17(18,19)20)6-7-23-14(25)15-5-3-2-4-12(15)10-21-11-15;/h8-9,12,21,26H,2-7,10-11H2,1H3,(H,23,25);1H/t12-,15+,16?;/m0./s1. The number of fused-ring (bicyclic) bond motifs is 1. The van der Waals surface area contributed by atoms with Crippen molar-refractivity contribution in [2.45, 2.75) is 43.9 Å². The average Bonchev–Trinajstić information content (AvgIpc) is 3.20. The number of nitrogens with zero attached hydrogens (tertiary/aromatic N) is 2. The Kier molecular flexibility index (Phi) is 6.48. The maximum atomic E-state index is 13.5. The number of imidazole rings is 1. The van der Waals surface area contributed by atoms with Crippen LogP contribution in [-0.2, 0) is 17.4 Å². The molecule has 27 heavy (non-hydrogen) atoms. The summed E-state index contributed by atoms with van der Waals surface area (Å²) in [5.41, 5.74) is -3.63. The molecule has 3 atom stereocenters. The molecule has 2 fully saturated rings. The first-order chi connectivity index (χ1) is 12.2. The monoisotopic (exact) mass is 410 g/mol. The number of aliphatic hydroxyl groups is 1. The molecular formula is C17H26ClF3N4O2. The Labute approximate surface area is 162 Å². The van der Waals surface area contributed by atoms with Crippen LogP contribution in [-0.4, -0.2) is 46.4 Å². The molecule has 0 radical (unpaired) electrons. The first-order valence-corrected chi connectivity index (χ1v) is 8.97. The van der Waals surface area contributed by atoms with Crippen LogP contribution in [0, 0.1) is 11.3 Å². The van der Waals surface area contributed by atoms with Gasteiger partial charge in [-0.1, -0.05) is 12.8 Å². The minimum absolute atomic E-state index is 0. The van der Waals surface area contributed by atoms with Crippen LogP contribution >= 0.6 is 12.4 Å². The number of rotatable bonds is 5. The predicted molar refractivity (Wildman–Crippen MR) is 95.3 cm³/mol. The summed E-state index contributed by atoms with van der Waals surface area (Å²) in [6.07, 6.45) is 0.721. The third-order valence-electron chi connectivity index (χ3n) is 5.92. The third-order valence-corrected chi connectivity index (χ3v) is 5.92. The second kappa shape index (κ2) is 7.97. The topological polar surface area (TPSA) is 79.2 Å². The van der Waals surface area contributed by atoms with Crippen molar-refractivity contribution in [3.63, 3.8) is 0 Å². The lowest BCUT2D eigenvalue weighted by Crippen LogP contribution is -2.50. The highest BCUT2D eigenvalue weighted by molar-refractivity contribution is 5.85. The van der Waals surface area contributed by atoms with Gasteiger partial charge in [0, 0.05) is 39.0 Å². The molecule has 0 bridgehead atoms. The van der Waals surface area contributed by atoms with Crippen LogP contribution in [0.15, 0.2) is 12.4 Å². The van der Waals surface area contributed by atoms with E-state index in [4.69, 9.17) is 0 Å². The molecule has 1 aliphatic heterocycles. The Balaban J connectivity index is 0.00000261. The van der Waals surface area contributed by atoms with Gasteiger partial charge in [-0.15, -0.1) is 12.4 Å². The zero-order chi connectivity index (χ0) is 19.0. The Bertz CT molecular complexity index is 669. The smallest absolute Gasteiger partial charge is 0.374 e. The van der Waals surface area contributed by atoms with Crippen molar-refractivity contribution in [3.8, 4) is 0 Å². The lowest BCUT2D eigenvalue weighted by Gasteiger charge is -2.37. The Hall–Kier alpha value is -1.32. The second-order valence-electron chi connectivity index (χ2n) is 7.46. The van der Waals surface area contributed by atoms with Crippen molar-refractivity contribution in [1.82, 2.24) is 20.2 Å². The van der Waals surface area contributed by atoms with Gasteiger partial charge in [-0.3, -0.25) is 4.79 Å². The van der Waals surface area contributed by atoms with Crippen LogP contribution in [0.4, 0.5) is 13.2 Å². The Morgan fingerprint density at radius 2 is 2.22 bits per heavy atom. The molecule has 2 heterocycles. The Morgan fingerprint density at radius 3 is 2.85 bits per heavy atom. The fraction of sp³-hybridized carbons (Fsp3) is 0.765. The fourth-order valence-corrected chi connectivity index (χ4v) is 4.37. The van der Waals surface area contributed by atoms with E-state index in [2.05, 4.69) is 15.6 Å². The van der Waals surface area contributed by atoms with E-state index in [9.17, 15) is 23.1 Å². The van der Waals surface area contributed by atoms with Gasteiger partial charge in [-0.05, 0) is 25.3 Å². The molecule has 1 saturated heterocycles. The molecule has 1 amide bonds. The summed E-state index contributed by atoms with van der Waals surface area (Å²) in [6.45, 7) is 1.07. The summed E-state index contributed by atoms with van der Waals surface area (Å²) in [7, 11) is 1.40. The van der Waals surface area contributed by atoms with Gasteiger partial charge in [-0.2, -0.15) is 13.2 Å². The number of aryl methyl sites for hydroxylation is 1. The normalized spacial score (nSPS) is 27.4. The number of alkyl halides is 3. The van der Waals surface area contributed by atoms with Gasteiger partial charge in [0.15, 0.2) is 0 Å². The van der Waals surface area contributed by atoms with Crippen molar-refractivity contribution >= 4 is 18.3 Å². The molecule has 3 rings (SSSR count). The molecule has 10 heteroatoms. The molecule has 0 aromatic carbocycles. The van der Waals surface area contributed by atoms with Crippen molar-refractivity contribution in [2.75, 3.05) is 19.6 Å². The molecule has 1 saturated carbocycles. The number of carbonyl (C=O) groups excluding carboxylic acids is 1. The number of amides is 1. The molecule has 0 spiro atoms. The predicted octanol–water partition coefficient (Wildman–Crippen LogP) is 1.88. The summed E-state index contributed by atoms with van der Waals surface area (Å²) in [5.74, 6) is -0.459. The van der Waals surface area contributed by atoms with E-state index in [1.54, 1.807) is 0 Å². The van der Waals surface area contributed by atoms with E-state index in [-0.39, 0.29) is 30.8 Å². The molecule has 1 aliphatic carbocycles. The van der Waals surface area contributed by atoms with E-state index >= 15 is 0 Å². The third kappa shape index (κ3) is 3.82. The van der Waals surface area contributed by atoms with Gasteiger partial charge < -0.3 is 20.3 Å². The van der Waals surface area contributed by atoms with Crippen molar-refractivity contribution in [3.05, 3.63) is 18.2 Å². The lowest BCUT2D eigenvalue weighted by atomic mass is 9.67. The van der Waals surface area contributed by atoms with Crippen LogP contribution in [0.5, 0.6) is 0 Å². The van der Waals surface area contributed by atoms with E-state index in [0.29, 0.717) is 6.54 Å². The molecule has 154 valence electrons. The molecule has 1 aromatic heterocycles. The van der Waals surface area contributed by atoms with Crippen molar-refractivity contribution in [1.29, 1.82) is 0 Å². The summed E-state index contributed by atoms with van der Waals surface area (Å²) in [4.78, 5) is 16.4. The minimum Gasteiger partial charge on any atom is -0.374 e. The highest BCUT2D eigenvalue weighted by atomic mass is 35.5. The maximum absolute atomic E-state index is 13.5. The second-order valence-corrected chi connectivity index (χ2v) is 7.46. The van der Waals surface area contributed by atoms with E-state index < -0.39 is 29.4 Å². The van der Waals surface area contributed by atoms with Crippen LogP contribution in [0.3, 0.4) is 0 Å². The van der Waals surface area contributed by atoms with Gasteiger partial charge >= 0.3 is 6.18 Å². The zero-order valence-corrected chi connectivity index (χ0v) is 16.0. The zero-order valence-electron chi connectivity index (χ0n) is 15.2. The molecule has 1 aromatic rings. The van der Waals surface area contributed by atoms with Crippen LogP contribution in [0.1, 0.15) is 37.9 Å². The van der Waals surface area contributed by atoms with E-state index in [1.807, 2.05) is 0 Å². The van der Waals surface area contributed by atoms with Gasteiger partial charge in [0.25, 0.3) is 0 Å². The average molecular weight is 411 g/mol. The number of halogens is 4. The summed E-state index contributed by atoms with van der Waals surface area (Å²) in [6, 6.07) is 0. The molecule has 6 nitrogen and oxygen atoms in total. The van der Waals surface area contributed by atoms with E-state index in [0.717, 1.165) is 36.8 Å². The number of aromatic nitrogens is 2. The summed E-state index contributed by atoms with van der Waals surface area (Å²) in [5, 5.41) is 16.2. The summed E-state index contributed by atoms with van der Waals surface area (Å²) < 4.78 is 41.7. The first-order valence-electron chi connectivity index (χ1n) is 8.97. The number of carbonyl (C=O) groups is 1. The van der Waals surface area contributed by atoms with Crippen LogP contribution in [0.2, 0.25) is 0 Å². The van der Waals surface area contributed by atoms with E-state index in [1.165, 1.54) is 19.4 Å². The summed E-state index contributed by atoms with van der Waals surface area (Å²) >= 11 is 0. The van der Waals surface area contributed by atoms with Gasteiger partial charge in [0.05, 0.1) is 5.41 Å².